The highest BCUT2D eigenvalue weighted by Crippen LogP contribution is 2.26. The molecule has 3 rings (SSSR count). The third kappa shape index (κ3) is 7.59. The van der Waals surface area contributed by atoms with Gasteiger partial charge in [-0.1, -0.05) is 69.3 Å². The molecule has 4 N–H and O–H groups in total. The van der Waals surface area contributed by atoms with E-state index in [2.05, 4.69) is 65.3 Å². The molecule has 1 atom stereocenters. The first-order valence-corrected chi connectivity index (χ1v) is 12.5. The normalized spacial score (nSPS) is 13.1. The number of aliphatic imine (C=N–C) groups is 1. The fraction of sp³-hybridized carbons (Fsp3) is 0.300. The van der Waals surface area contributed by atoms with Crippen molar-refractivity contribution >= 4 is 18.1 Å². The first kappa shape index (κ1) is 28.2. The SMILES string of the molecule is CC(C)N=CC(=CN)C(=O)NC(Cc1ccc(-c2ncc(-c3ccc(C(C)(C)C)cc3)cn2)cc1)C(=O)O. The van der Waals surface area contributed by atoms with Crippen LogP contribution in [0.4, 0.5) is 0 Å². The molecule has 0 radical (unpaired) electrons. The van der Waals surface area contributed by atoms with Gasteiger partial charge in [-0.05, 0) is 36.0 Å². The fourth-order valence-corrected chi connectivity index (χ4v) is 3.66. The second kappa shape index (κ2) is 12.3. The molecule has 1 amide bonds. The predicted octanol–water partition coefficient (Wildman–Crippen LogP) is 4.54. The number of nitrogens with one attached hydrogen (secondary N) is 1. The molecule has 38 heavy (non-hydrogen) atoms. The molecule has 2 aromatic carbocycles. The maximum atomic E-state index is 12.5. The molecule has 3 aromatic rings. The highest BCUT2D eigenvalue weighted by atomic mass is 16.4. The first-order valence-electron chi connectivity index (χ1n) is 12.5. The van der Waals surface area contributed by atoms with Crippen molar-refractivity contribution in [3.8, 4) is 22.5 Å². The van der Waals surface area contributed by atoms with Gasteiger partial charge in [0.2, 0.25) is 0 Å². The minimum absolute atomic E-state index is 0.0216. The van der Waals surface area contributed by atoms with E-state index in [1.54, 1.807) is 24.5 Å². The third-order valence-electron chi connectivity index (χ3n) is 5.94. The van der Waals surface area contributed by atoms with E-state index in [0.29, 0.717) is 5.82 Å². The van der Waals surface area contributed by atoms with Gasteiger partial charge in [-0.25, -0.2) is 14.8 Å². The molecule has 8 heteroatoms. The van der Waals surface area contributed by atoms with Crippen molar-refractivity contribution in [3.63, 3.8) is 0 Å². The Bertz CT molecular complexity index is 1300. The van der Waals surface area contributed by atoms with E-state index in [-0.39, 0.29) is 23.5 Å². The van der Waals surface area contributed by atoms with Crippen LogP contribution in [-0.4, -0.2) is 45.2 Å². The Morgan fingerprint density at radius 3 is 2.05 bits per heavy atom. The number of nitrogens with two attached hydrogens (primary N) is 1. The van der Waals surface area contributed by atoms with Crippen molar-refractivity contribution in [1.82, 2.24) is 15.3 Å². The van der Waals surface area contributed by atoms with Crippen LogP contribution in [0.15, 0.2) is 77.7 Å². The smallest absolute Gasteiger partial charge is 0.326 e. The molecule has 0 fully saturated rings. The quantitative estimate of drug-likeness (QED) is 0.284. The summed E-state index contributed by atoms with van der Waals surface area (Å²) in [6.07, 6.45) is 6.15. The van der Waals surface area contributed by atoms with Gasteiger partial charge in [0.1, 0.15) is 6.04 Å². The summed E-state index contributed by atoms with van der Waals surface area (Å²) < 4.78 is 0. The second-order valence-electron chi connectivity index (χ2n) is 10.4. The molecule has 8 nitrogen and oxygen atoms in total. The summed E-state index contributed by atoms with van der Waals surface area (Å²) in [5, 5.41) is 12.2. The second-order valence-corrected chi connectivity index (χ2v) is 10.4. The lowest BCUT2D eigenvalue weighted by Crippen LogP contribution is -2.43. The summed E-state index contributed by atoms with van der Waals surface area (Å²) in [5.41, 5.74) is 10.5. The van der Waals surface area contributed by atoms with Crippen molar-refractivity contribution < 1.29 is 14.7 Å². The summed E-state index contributed by atoms with van der Waals surface area (Å²) in [5.74, 6) is -1.17. The molecule has 198 valence electrons. The van der Waals surface area contributed by atoms with Crippen LogP contribution >= 0.6 is 0 Å². The molecule has 0 bridgehead atoms. The van der Waals surface area contributed by atoms with Crippen molar-refractivity contribution in [2.24, 2.45) is 10.7 Å². The zero-order chi connectivity index (χ0) is 27.9. The van der Waals surface area contributed by atoms with Gasteiger partial charge >= 0.3 is 5.97 Å². The topological polar surface area (TPSA) is 131 Å². The first-order chi connectivity index (χ1) is 18.0. The molecule has 1 heterocycles. The summed E-state index contributed by atoms with van der Waals surface area (Å²) >= 11 is 0. The average molecular weight is 514 g/mol. The maximum absolute atomic E-state index is 12.5. The molecule has 0 aliphatic heterocycles. The lowest BCUT2D eigenvalue weighted by atomic mass is 9.86. The van der Waals surface area contributed by atoms with Crippen LogP contribution in [0.5, 0.6) is 0 Å². The highest BCUT2D eigenvalue weighted by Gasteiger charge is 2.22. The molecule has 0 saturated carbocycles. The zero-order valence-electron chi connectivity index (χ0n) is 22.5. The van der Waals surface area contributed by atoms with Crippen molar-refractivity contribution in [1.29, 1.82) is 0 Å². The molecular weight excluding hydrogens is 478 g/mol. The lowest BCUT2D eigenvalue weighted by Gasteiger charge is -2.19. The zero-order valence-corrected chi connectivity index (χ0v) is 22.5. The van der Waals surface area contributed by atoms with E-state index in [1.807, 2.05) is 26.0 Å². The van der Waals surface area contributed by atoms with E-state index in [4.69, 9.17) is 5.73 Å². The van der Waals surface area contributed by atoms with Gasteiger partial charge in [-0.15, -0.1) is 0 Å². The fourth-order valence-electron chi connectivity index (χ4n) is 3.66. The number of rotatable bonds is 9. The van der Waals surface area contributed by atoms with Crippen molar-refractivity contribution in [2.45, 2.75) is 58.5 Å². The van der Waals surface area contributed by atoms with Gasteiger partial charge in [-0.3, -0.25) is 9.79 Å². The largest absolute Gasteiger partial charge is 0.480 e. The predicted molar refractivity (Wildman–Crippen MR) is 151 cm³/mol. The number of hydrogen-bond donors (Lipinski definition) is 3. The van der Waals surface area contributed by atoms with Crippen LogP contribution in [0.3, 0.4) is 0 Å². The maximum Gasteiger partial charge on any atom is 0.326 e. The number of aromatic nitrogens is 2. The minimum Gasteiger partial charge on any atom is -0.480 e. The van der Waals surface area contributed by atoms with Gasteiger partial charge in [0.05, 0.1) is 5.57 Å². The van der Waals surface area contributed by atoms with E-state index in [9.17, 15) is 14.7 Å². The van der Waals surface area contributed by atoms with Gasteiger partial charge < -0.3 is 16.2 Å². The number of nitrogens with zero attached hydrogens (tertiary/aromatic N) is 3. The Hall–Kier alpha value is -4.33. The summed E-state index contributed by atoms with van der Waals surface area (Å²) in [7, 11) is 0. The van der Waals surface area contributed by atoms with E-state index < -0.39 is 17.9 Å². The van der Waals surface area contributed by atoms with Gasteiger partial charge in [0.15, 0.2) is 5.82 Å². The molecule has 0 saturated heterocycles. The van der Waals surface area contributed by atoms with Crippen LogP contribution in [0.1, 0.15) is 45.7 Å². The van der Waals surface area contributed by atoms with Gasteiger partial charge in [0, 0.05) is 48.4 Å². The van der Waals surface area contributed by atoms with Crippen LogP contribution in [0, 0.1) is 0 Å². The van der Waals surface area contributed by atoms with Crippen LogP contribution < -0.4 is 11.1 Å². The standard InChI is InChI=1S/C30H35N5O3/c1-19(2)32-16-23(15-31)28(36)35-26(29(37)38)14-20-6-8-22(9-7-20)27-33-17-24(18-34-27)21-10-12-25(13-11-21)30(3,4)5/h6-13,15-19,26H,14,31H2,1-5H3,(H,35,36)(H,37,38). The lowest BCUT2D eigenvalue weighted by molar-refractivity contribution is -0.141. The highest BCUT2D eigenvalue weighted by molar-refractivity contribution is 6.12. The molecule has 0 spiro atoms. The van der Waals surface area contributed by atoms with Gasteiger partial charge in [0.25, 0.3) is 5.91 Å². The number of carbonyl (C=O) groups excluding carboxylic acids is 1. The van der Waals surface area contributed by atoms with Crippen LogP contribution in [0.25, 0.3) is 22.5 Å². The Labute approximate surface area is 223 Å². The number of benzene rings is 2. The molecule has 0 aliphatic rings. The van der Waals surface area contributed by atoms with E-state index >= 15 is 0 Å². The Morgan fingerprint density at radius 2 is 1.55 bits per heavy atom. The monoisotopic (exact) mass is 513 g/mol. The number of aliphatic carboxylic acids is 1. The summed E-state index contributed by atoms with van der Waals surface area (Å²) in [4.78, 5) is 37.5. The van der Waals surface area contributed by atoms with Gasteiger partial charge in [-0.2, -0.15) is 0 Å². The summed E-state index contributed by atoms with van der Waals surface area (Å²) in [6, 6.07) is 14.5. The molecule has 1 aromatic heterocycles. The van der Waals surface area contributed by atoms with Crippen LogP contribution in [-0.2, 0) is 21.4 Å². The number of amides is 1. The Kier molecular flexibility index (Phi) is 9.12. The molecule has 0 aliphatic carbocycles. The average Bonchev–Trinajstić information content (AvgIpc) is 2.88. The number of carboxylic acids is 1. The Morgan fingerprint density at radius 1 is 0.974 bits per heavy atom. The molecular formula is C30H35N5O3. The van der Waals surface area contributed by atoms with Crippen LogP contribution in [0.2, 0.25) is 0 Å². The minimum atomic E-state index is -1.14. The summed E-state index contributed by atoms with van der Waals surface area (Å²) in [6.45, 7) is 10.3. The van der Waals surface area contributed by atoms with Crippen molar-refractivity contribution in [2.75, 3.05) is 0 Å². The van der Waals surface area contributed by atoms with E-state index in [1.165, 1.54) is 11.8 Å². The van der Waals surface area contributed by atoms with E-state index in [0.717, 1.165) is 28.5 Å². The Balaban J connectivity index is 1.68. The number of hydrogen-bond acceptors (Lipinski definition) is 6. The van der Waals surface area contributed by atoms with Crippen molar-refractivity contribution in [3.05, 3.63) is 83.8 Å². The molecule has 1 unspecified atom stereocenters. The number of carbonyl (C=O) groups is 2. The number of carboxylic acid groups (broad SMARTS) is 1. The third-order valence-corrected chi connectivity index (χ3v) is 5.94.